The molecular weight excluding hydrogens is 588 g/mol. The van der Waals surface area contributed by atoms with Gasteiger partial charge in [-0.1, -0.05) is 37.1 Å². The number of aryl methyl sites for hydroxylation is 2. The first-order valence-electron chi connectivity index (χ1n) is 11.5. The van der Waals surface area contributed by atoms with E-state index in [0.29, 0.717) is 18.4 Å². The Morgan fingerprint density at radius 1 is 0.700 bits per heavy atom. The van der Waals surface area contributed by atoms with E-state index in [1.165, 1.54) is 12.1 Å². The predicted molar refractivity (Wildman–Crippen MR) is 141 cm³/mol. The van der Waals surface area contributed by atoms with Crippen molar-refractivity contribution < 1.29 is 47.7 Å². The zero-order chi connectivity index (χ0) is 29.2. The number of oxazole rings is 2. The molecule has 3 N–H and O–H groups in total. The lowest BCUT2D eigenvalue weighted by Crippen LogP contribution is -2.05. The van der Waals surface area contributed by atoms with Gasteiger partial charge in [-0.15, -0.1) is 0 Å². The van der Waals surface area contributed by atoms with Gasteiger partial charge >= 0.3 is 10.1 Å². The highest BCUT2D eigenvalue weighted by atomic mass is 32.2. The quantitative estimate of drug-likeness (QED) is 0.220. The maximum absolute atomic E-state index is 12.5. The lowest BCUT2D eigenvalue weighted by molar-refractivity contribution is 0.477. The number of rotatable bonds is 7. The molecule has 0 radical (unpaired) electrons. The van der Waals surface area contributed by atoms with Crippen molar-refractivity contribution in [2.24, 2.45) is 0 Å². The standard InChI is InChI=1S/C24H20N2O11S3/c1-3-4-13-9-10-15(11-16(13)38(27,28)29)24-26-18-20(37-24)22(40(33,34)35)19-17(21(18)39(30,31)32)25-23(36-19)14-7-5-12(2)6-8-14/h5-11H,3-4H2,1-2H3,(H,27,28,29)(H,30,31,32)(H,33,34,35). The number of aromatic nitrogens is 2. The molecule has 5 aromatic rings. The van der Waals surface area contributed by atoms with Gasteiger partial charge in [0, 0.05) is 11.1 Å². The van der Waals surface area contributed by atoms with E-state index in [0.717, 1.165) is 11.6 Å². The Bertz CT molecular complexity index is 2060. The van der Waals surface area contributed by atoms with Gasteiger partial charge in [-0.2, -0.15) is 25.3 Å². The maximum atomic E-state index is 12.5. The fourth-order valence-corrected chi connectivity index (χ4v) is 6.58. The maximum Gasteiger partial charge on any atom is 0.302 e. The highest BCUT2D eigenvalue weighted by Gasteiger charge is 2.35. The number of hydrogen-bond acceptors (Lipinski definition) is 10. The first-order chi connectivity index (χ1) is 18.6. The summed E-state index contributed by atoms with van der Waals surface area (Å²) < 4.78 is 115. The van der Waals surface area contributed by atoms with Crippen LogP contribution < -0.4 is 0 Å². The van der Waals surface area contributed by atoms with E-state index < -0.39 is 73.1 Å². The van der Waals surface area contributed by atoms with Crippen molar-refractivity contribution in [1.29, 1.82) is 0 Å². The average Bonchev–Trinajstić information content (AvgIpc) is 3.45. The van der Waals surface area contributed by atoms with Crippen molar-refractivity contribution in [3.05, 3.63) is 53.6 Å². The van der Waals surface area contributed by atoms with Crippen LogP contribution in [0.5, 0.6) is 0 Å². The second kappa shape index (κ2) is 9.46. The van der Waals surface area contributed by atoms with Crippen LogP contribution in [-0.2, 0) is 36.8 Å². The van der Waals surface area contributed by atoms with Crippen LogP contribution in [0, 0.1) is 6.92 Å². The average molecular weight is 609 g/mol. The van der Waals surface area contributed by atoms with E-state index in [-0.39, 0.29) is 17.0 Å². The van der Waals surface area contributed by atoms with Crippen molar-refractivity contribution in [3.8, 4) is 22.9 Å². The highest BCUT2D eigenvalue weighted by molar-refractivity contribution is 7.87. The number of nitrogens with zero attached hydrogens (tertiary/aromatic N) is 2. The summed E-state index contributed by atoms with van der Waals surface area (Å²) in [6.45, 7) is 3.61. The summed E-state index contributed by atoms with van der Waals surface area (Å²) in [4.78, 5) is 5.69. The van der Waals surface area contributed by atoms with Crippen LogP contribution in [0.1, 0.15) is 24.5 Å². The molecule has 0 aliphatic rings. The molecule has 2 heterocycles. The molecule has 0 saturated carbocycles. The van der Waals surface area contributed by atoms with Gasteiger partial charge in [-0.05, 0) is 43.2 Å². The van der Waals surface area contributed by atoms with Crippen LogP contribution in [0.3, 0.4) is 0 Å². The molecule has 0 spiro atoms. The molecule has 0 unspecified atom stereocenters. The van der Waals surface area contributed by atoms with Crippen LogP contribution in [-0.4, -0.2) is 48.9 Å². The number of fused-ring (bicyclic) bond motifs is 2. The van der Waals surface area contributed by atoms with Crippen molar-refractivity contribution in [2.75, 3.05) is 0 Å². The van der Waals surface area contributed by atoms with Crippen molar-refractivity contribution in [2.45, 2.75) is 41.4 Å². The van der Waals surface area contributed by atoms with Gasteiger partial charge in [-0.25, -0.2) is 9.97 Å². The molecular formula is C24H20N2O11S3. The Morgan fingerprint density at radius 3 is 1.68 bits per heavy atom. The number of benzene rings is 3. The van der Waals surface area contributed by atoms with E-state index in [4.69, 9.17) is 8.83 Å². The lowest BCUT2D eigenvalue weighted by atomic mass is 10.1. The Labute approximate surface area is 227 Å². The van der Waals surface area contributed by atoms with Crippen LogP contribution in [0.25, 0.3) is 45.1 Å². The van der Waals surface area contributed by atoms with Gasteiger partial charge < -0.3 is 8.83 Å². The monoisotopic (exact) mass is 608 g/mol. The molecule has 16 heteroatoms. The Balaban J connectivity index is 1.88. The smallest absolute Gasteiger partial charge is 0.302 e. The molecule has 210 valence electrons. The topological polar surface area (TPSA) is 215 Å². The molecule has 0 saturated heterocycles. The fraction of sp³-hybridized carbons (Fsp3) is 0.167. The van der Waals surface area contributed by atoms with Gasteiger partial charge in [0.15, 0.2) is 21.0 Å². The van der Waals surface area contributed by atoms with E-state index in [2.05, 4.69) is 9.97 Å². The Hall–Kier alpha value is -3.67. The minimum atomic E-state index is -5.19. The largest absolute Gasteiger partial charge is 0.434 e. The number of hydrogen-bond donors (Lipinski definition) is 3. The van der Waals surface area contributed by atoms with Crippen LogP contribution in [0.2, 0.25) is 0 Å². The molecule has 40 heavy (non-hydrogen) atoms. The second-order valence-corrected chi connectivity index (χ2v) is 13.0. The molecule has 0 bridgehead atoms. The SMILES string of the molecule is CCCc1ccc(-c2nc3c(S(=O)(=O)O)c4nc(-c5ccc(C)cc5)oc4c(S(=O)(=O)O)c3o2)cc1S(=O)(=O)O. The molecule has 5 rings (SSSR count). The summed E-state index contributed by atoms with van der Waals surface area (Å²) in [5, 5.41) is 0. The van der Waals surface area contributed by atoms with Gasteiger partial charge in [-0.3, -0.25) is 13.7 Å². The van der Waals surface area contributed by atoms with E-state index in [1.807, 2.05) is 6.92 Å². The minimum Gasteiger partial charge on any atom is -0.434 e. The van der Waals surface area contributed by atoms with Crippen molar-refractivity contribution in [1.82, 2.24) is 9.97 Å². The summed E-state index contributed by atoms with van der Waals surface area (Å²) in [7, 11) is -15.1. The molecule has 3 aromatic carbocycles. The van der Waals surface area contributed by atoms with Crippen LogP contribution in [0.15, 0.2) is 66.0 Å². The first-order valence-corrected chi connectivity index (χ1v) is 15.8. The van der Waals surface area contributed by atoms with Gasteiger partial charge in [0.2, 0.25) is 11.8 Å². The third kappa shape index (κ3) is 4.89. The summed E-state index contributed by atoms with van der Waals surface area (Å²) >= 11 is 0. The van der Waals surface area contributed by atoms with E-state index in [1.54, 1.807) is 31.2 Å². The molecule has 0 fully saturated rings. The zero-order valence-corrected chi connectivity index (χ0v) is 23.1. The zero-order valence-electron chi connectivity index (χ0n) is 20.7. The first kappa shape index (κ1) is 27.9. The molecule has 0 aliphatic carbocycles. The van der Waals surface area contributed by atoms with Gasteiger partial charge in [0.05, 0.1) is 4.90 Å². The third-order valence-electron chi connectivity index (χ3n) is 6.02. The van der Waals surface area contributed by atoms with E-state index in [9.17, 15) is 38.9 Å². The Morgan fingerprint density at radius 2 is 1.20 bits per heavy atom. The lowest BCUT2D eigenvalue weighted by Gasteiger charge is -2.07. The third-order valence-corrected chi connectivity index (χ3v) is 8.75. The highest BCUT2D eigenvalue weighted by Crippen LogP contribution is 2.41. The fourth-order valence-electron chi connectivity index (χ4n) is 4.30. The molecule has 2 aromatic heterocycles. The van der Waals surface area contributed by atoms with Crippen LogP contribution >= 0.6 is 0 Å². The van der Waals surface area contributed by atoms with Crippen molar-refractivity contribution >= 4 is 52.6 Å². The normalized spacial score (nSPS) is 12.9. The summed E-state index contributed by atoms with van der Waals surface area (Å²) in [5.74, 6) is -0.703. The summed E-state index contributed by atoms with van der Waals surface area (Å²) in [6.07, 6.45) is 0.852. The Kier molecular flexibility index (Phi) is 6.60. The molecule has 0 atom stereocenters. The second-order valence-electron chi connectivity index (χ2n) is 8.92. The minimum absolute atomic E-state index is 0.0869. The summed E-state index contributed by atoms with van der Waals surface area (Å²) in [5.41, 5.74) is -1.47. The van der Waals surface area contributed by atoms with Gasteiger partial charge in [0.25, 0.3) is 20.2 Å². The molecule has 0 amide bonds. The van der Waals surface area contributed by atoms with E-state index >= 15 is 0 Å². The molecule has 0 aliphatic heterocycles. The van der Waals surface area contributed by atoms with Gasteiger partial charge in [0.1, 0.15) is 11.0 Å². The van der Waals surface area contributed by atoms with Crippen LogP contribution in [0.4, 0.5) is 0 Å². The molecule has 13 nitrogen and oxygen atoms in total. The summed E-state index contributed by atoms with van der Waals surface area (Å²) in [6, 6.07) is 10.3. The van der Waals surface area contributed by atoms with Crippen molar-refractivity contribution in [3.63, 3.8) is 0 Å². The predicted octanol–water partition coefficient (Wildman–Crippen LogP) is 4.30.